The van der Waals surface area contributed by atoms with Crippen LogP contribution in [0.4, 0.5) is 11.4 Å². The van der Waals surface area contributed by atoms with Gasteiger partial charge in [-0.25, -0.2) is 0 Å². The van der Waals surface area contributed by atoms with E-state index in [0.29, 0.717) is 23.4 Å². The Hall–Kier alpha value is -3.93. The normalized spacial score (nSPS) is 11.3. The summed E-state index contributed by atoms with van der Waals surface area (Å²) in [5, 5.41) is 8.43. The van der Waals surface area contributed by atoms with Crippen LogP contribution in [-0.2, 0) is 16.0 Å². The number of nitrogens with one attached hydrogen (secondary N) is 3. The standard InChI is InChI=1S/C25H25N3O3/c1-17(29)26-22-14-21(15-23(16-22)27-18(2)30)25(31)28-24(20-11-7-4-8-12-20)13-19-9-5-3-6-10-19/h3-12,14-16,24H,13H2,1-2H3,(H,26,29)(H,27,30)(H,28,31)/t24-/m0/s1. The van der Waals surface area contributed by atoms with Gasteiger partial charge in [-0.2, -0.15) is 0 Å². The quantitative estimate of drug-likeness (QED) is 0.537. The first kappa shape index (κ1) is 21.8. The minimum atomic E-state index is -0.302. The van der Waals surface area contributed by atoms with Crippen LogP contribution in [0.1, 0.15) is 41.4 Å². The molecule has 6 heteroatoms. The molecule has 0 fully saturated rings. The molecule has 0 unspecified atom stereocenters. The lowest BCUT2D eigenvalue weighted by Crippen LogP contribution is -2.30. The predicted molar refractivity (Wildman–Crippen MR) is 122 cm³/mol. The topological polar surface area (TPSA) is 87.3 Å². The van der Waals surface area contributed by atoms with Gasteiger partial charge in [0.15, 0.2) is 0 Å². The lowest BCUT2D eigenvalue weighted by Gasteiger charge is -2.20. The van der Waals surface area contributed by atoms with Gasteiger partial charge in [-0.15, -0.1) is 0 Å². The highest BCUT2D eigenvalue weighted by Crippen LogP contribution is 2.22. The Balaban J connectivity index is 1.89. The van der Waals surface area contributed by atoms with E-state index in [-0.39, 0.29) is 23.8 Å². The zero-order valence-electron chi connectivity index (χ0n) is 17.5. The summed E-state index contributed by atoms with van der Waals surface area (Å²) in [4.78, 5) is 36.1. The molecule has 0 radical (unpaired) electrons. The number of carbonyl (C=O) groups excluding carboxylic acids is 3. The van der Waals surface area contributed by atoms with Crippen LogP contribution in [0, 0.1) is 0 Å². The number of rotatable bonds is 7. The molecule has 0 heterocycles. The molecule has 6 nitrogen and oxygen atoms in total. The lowest BCUT2D eigenvalue weighted by molar-refractivity contribution is -0.115. The maximum atomic E-state index is 13.2. The Morgan fingerprint density at radius 3 is 1.77 bits per heavy atom. The molecule has 3 aromatic carbocycles. The third kappa shape index (κ3) is 6.54. The Labute approximate surface area is 181 Å². The van der Waals surface area contributed by atoms with Gasteiger partial charge in [0.2, 0.25) is 11.8 Å². The summed E-state index contributed by atoms with van der Waals surface area (Å²) < 4.78 is 0. The SMILES string of the molecule is CC(=O)Nc1cc(NC(C)=O)cc(C(=O)N[C@@H](Cc2ccccc2)c2ccccc2)c1. The zero-order chi connectivity index (χ0) is 22.2. The Bertz CT molecular complexity index is 1030. The summed E-state index contributed by atoms with van der Waals surface area (Å²) in [5.74, 6) is -0.835. The van der Waals surface area contributed by atoms with Crippen LogP contribution >= 0.6 is 0 Å². The molecule has 0 aromatic heterocycles. The van der Waals surface area contributed by atoms with E-state index in [2.05, 4.69) is 16.0 Å². The summed E-state index contributed by atoms with van der Waals surface area (Å²) in [7, 11) is 0. The second-order valence-electron chi connectivity index (χ2n) is 7.29. The molecule has 31 heavy (non-hydrogen) atoms. The van der Waals surface area contributed by atoms with Gasteiger partial charge in [0, 0.05) is 30.8 Å². The van der Waals surface area contributed by atoms with Gasteiger partial charge in [-0.3, -0.25) is 14.4 Å². The molecule has 0 aliphatic rings. The molecule has 3 aromatic rings. The molecule has 3 rings (SSSR count). The number of carbonyl (C=O) groups is 3. The summed E-state index contributed by atoms with van der Waals surface area (Å²) in [5.41, 5.74) is 3.29. The monoisotopic (exact) mass is 415 g/mol. The number of anilines is 2. The van der Waals surface area contributed by atoms with Crippen molar-refractivity contribution in [2.45, 2.75) is 26.3 Å². The van der Waals surface area contributed by atoms with Gasteiger partial charge in [0.05, 0.1) is 6.04 Å². The maximum absolute atomic E-state index is 13.2. The number of hydrogen-bond donors (Lipinski definition) is 3. The fourth-order valence-electron chi connectivity index (χ4n) is 3.34. The van der Waals surface area contributed by atoms with Crippen molar-refractivity contribution >= 4 is 29.1 Å². The molecule has 0 spiro atoms. The largest absolute Gasteiger partial charge is 0.345 e. The molecule has 0 saturated heterocycles. The van der Waals surface area contributed by atoms with Gasteiger partial charge in [0.1, 0.15) is 0 Å². The predicted octanol–water partition coefficient (Wildman–Crippen LogP) is 4.32. The molecule has 1 atom stereocenters. The van der Waals surface area contributed by atoms with Crippen LogP contribution in [0.5, 0.6) is 0 Å². The van der Waals surface area contributed by atoms with E-state index in [4.69, 9.17) is 0 Å². The van der Waals surface area contributed by atoms with E-state index in [1.165, 1.54) is 13.8 Å². The summed E-state index contributed by atoms with van der Waals surface area (Å²) in [6, 6.07) is 24.2. The minimum Gasteiger partial charge on any atom is -0.345 e. The fraction of sp³-hybridized carbons (Fsp3) is 0.160. The van der Waals surface area contributed by atoms with Crippen molar-refractivity contribution in [3.05, 3.63) is 95.6 Å². The smallest absolute Gasteiger partial charge is 0.251 e. The van der Waals surface area contributed by atoms with Crippen LogP contribution in [0.2, 0.25) is 0 Å². The first-order valence-corrected chi connectivity index (χ1v) is 10.0. The van der Waals surface area contributed by atoms with Crippen molar-refractivity contribution in [3.8, 4) is 0 Å². The number of hydrogen-bond acceptors (Lipinski definition) is 3. The van der Waals surface area contributed by atoms with Crippen molar-refractivity contribution in [3.63, 3.8) is 0 Å². The van der Waals surface area contributed by atoms with E-state index < -0.39 is 0 Å². The highest BCUT2D eigenvalue weighted by Gasteiger charge is 2.18. The molecule has 0 bridgehead atoms. The van der Waals surface area contributed by atoms with Gasteiger partial charge < -0.3 is 16.0 Å². The van der Waals surface area contributed by atoms with E-state index in [9.17, 15) is 14.4 Å². The van der Waals surface area contributed by atoms with E-state index in [0.717, 1.165) is 11.1 Å². The molecule has 0 saturated carbocycles. The summed E-state index contributed by atoms with van der Waals surface area (Å²) >= 11 is 0. The summed E-state index contributed by atoms with van der Waals surface area (Å²) in [6.45, 7) is 2.77. The van der Waals surface area contributed by atoms with Gasteiger partial charge in [0.25, 0.3) is 5.91 Å². The van der Waals surface area contributed by atoms with Crippen LogP contribution in [0.25, 0.3) is 0 Å². The molecule has 0 aliphatic heterocycles. The Kier molecular flexibility index (Phi) is 7.17. The number of amides is 3. The van der Waals surface area contributed by atoms with E-state index >= 15 is 0 Å². The maximum Gasteiger partial charge on any atom is 0.251 e. The molecule has 0 aliphatic carbocycles. The van der Waals surface area contributed by atoms with Crippen LogP contribution < -0.4 is 16.0 Å². The zero-order valence-corrected chi connectivity index (χ0v) is 17.5. The lowest BCUT2D eigenvalue weighted by atomic mass is 9.98. The van der Waals surface area contributed by atoms with Crippen molar-refractivity contribution in [2.75, 3.05) is 10.6 Å². The average Bonchev–Trinajstić information content (AvgIpc) is 2.73. The first-order valence-electron chi connectivity index (χ1n) is 10.0. The third-order valence-electron chi connectivity index (χ3n) is 4.63. The summed E-state index contributed by atoms with van der Waals surface area (Å²) in [6.07, 6.45) is 0.626. The van der Waals surface area contributed by atoms with Crippen LogP contribution in [-0.4, -0.2) is 17.7 Å². The molecule has 158 valence electrons. The van der Waals surface area contributed by atoms with Gasteiger partial charge >= 0.3 is 0 Å². The highest BCUT2D eigenvalue weighted by atomic mass is 16.2. The molecule has 3 N–H and O–H groups in total. The molecular weight excluding hydrogens is 390 g/mol. The van der Waals surface area contributed by atoms with Crippen LogP contribution in [0.3, 0.4) is 0 Å². The average molecular weight is 415 g/mol. The van der Waals surface area contributed by atoms with Gasteiger partial charge in [-0.05, 0) is 35.7 Å². The van der Waals surface area contributed by atoms with E-state index in [1.807, 2.05) is 60.7 Å². The molecular formula is C25H25N3O3. The third-order valence-corrected chi connectivity index (χ3v) is 4.63. The second kappa shape index (κ2) is 10.2. The van der Waals surface area contributed by atoms with Crippen molar-refractivity contribution in [2.24, 2.45) is 0 Å². The van der Waals surface area contributed by atoms with Crippen molar-refractivity contribution in [1.82, 2.24) is 5.32 Å². The second-order valence-corrected chi connectivity index (χ2v) is 7.29. The highest BCUT2D eigenvalue weighted by molar-refractivity contribution is 6.00. The Morgan fingerprint density at radius 1 is 0.742 bits per heavy atom. The van der Waals surface area contributed by atoms with Crippen molar-refractivity contribution < 1.29 is 14.4 Å². The van der Waals surface area contributed by atoms with Gasteiger partial charge in [-0.1, -0.05) is 60.7 Å². The first-order chi connectivity index (χ1) is 14.9. The Morgan fingerprint density at radius 2 is 1.26 bits per heavy atom. The fourth-order valence-corrected chi connectivity index (χ4v) is 3.34. The molecule has 3 amide bonds. The van der Waals surface area contributed by atoms with Crippen LogP contribution in [0.15, 0.2) is 78.9 Å². The van der Waals surface area contributed by atoms with E-state index in [1.54, 1.807) is 18.2 Å². The minimum absolute atomic E-state index is 0.246. The van der Waals surface area contributed by atoms with Crippen molar-refractivity contribution in [1.29, 1.82) is 0 Å². The number of benzene rings is 3.